The number of carbonyl (C=O) groups excluding carboxylic acids is 1. The number of nitrogens with one attached hydrogen (secondary N) is 1. The van der Waals surface area contributed by atoms with E-state index in [9.17, 15) is 4.79 Å². The van der Waals surface area contributed by atoms with E-state index >= 15 is 0 Å². The molecule has 1 atom stereocenters. The van der Waals surface area contributed by atoms with Crippen LogP contribution in [0.2, 0.25) is 0 Å². The van der Waals surface area contributed by atoms with Crippen molar-refractivity contribution in [1.82, 2.24) is 10.2 Å². The lowest BCUT2D eigenvalue weighted by Gasteiger charge is -2.29. The average Bonchev–Trinajstić information content (AvgIpc) is 3.46. The maximum atomic E-state index is 13.2. The van der Waals surface area contributed by atoms with Crippen molar-refractivity contribution >= 4 is 16.9 Å². The second kappa shape index (κ2) is 9.98. The molecule has 1 amide bonds. The minimum Gasteiger partial charge on any atom is -0.496 e. The number of hydrogen-bond donors (Lipinski definition) is 1. The third-order valence-corrected chi connectivity index (χ3v) is 5.89. The predicted octanol–water partition coefficient (Wildman–Crippen LogP) is 4.54. The van der Waals surface area contributed by atoms with Gasteiger partial charge in [0, 0.05) is 29.7 Å². The largest absolute Gasteiger partial charge is 0.496 e. The van der Waals surface area contributed by atoms with Gasteiger partial charge in [-0.1, -0.05) is 36.4 Å². The molecular weight excluding hydrogens is 392 g/mol. The van der Waals surface area contributed by atoms with Crippen molar-refractivity contribution in [3.05, 3.63) is 65.4 Å². The monoisotopic (exact) mass is 422 g/mol. The van der Waals surface area contributed by atoms with E-state index < -0.39 is 0 Å². The molecule has 0 radical (unpaired) electrons. The van der Waals surface area contributed by atoms with Gasteiger partial charge in [0.25, 0.3) is 5.91 Å². The van der Waals surface area contributed by atoms with Gasteiger partial charge in [-0.25, -0.2) is 0 Å². The SMILES string of the molecule is CCOCc1c(C(=O)NC[C@H](c2ccccc2OC)N2CCCC2)oc2ccccc12. The van der Waals surface area contributed by atoms with E-state index in [2.05, 4.69) is 16.3 Å². The molecule has 1 N–H and O–H groups in total. The number of carbonyl (C=O) groups is 1. The summed E-state index contributed by atoms with van der Waals surface area (Å²) in [7, 11) is 1.69. The third kappa shape index (κ3) is 4.60. The summed E-state index contributed by atoms with van der Waals surface area (Å²) in [5, 5.41) is 4.04. The van der Waals surface area contributed by atoms with E-state index in [4.69, 9.17) is 13.9 Å². The zero-order valence-electron chi connectivity index (χ0n) is 18.2. The number of nitrogens with zero attached hydrogens (tertiary/aromatic N) is 1. The molecule has 1 aromatic heterocycles. The molecule has 4 rings (SSSR count). The Labute approximate surface area is 183 Å². The fourth-order valence-electron chi connectivity index (χ4n) is 4.33. The van der Waals surface area contributed by atoms with Gasteiger partial charge in [0.1, 0.15) is 11.3 Å². The van der Waals surface area contributed by atoms with Gasteiger partial charge in [-0.15, -0.1) is 0 Å². The predicted molar refractivity (Wildman–Crippen MR) is 120 cm³/mol. The summed E-state index contributed by atoms with van der Waals surface area (Å²) >= 11 is 0. The van der Waals surface area contributed by atoms with E-state index in [-0.39, 0.29) is 11.9 Å². The number of methoxy groups -OCH3 is 1. The molecule has 0 unspecified atom stereocenters. The first-order valence-electron chi connectivity index (χ1n) is 11.0. The molecule has 1 saturated heterocycles. The number of amides is 1. The Balaban J connectivity index is 1.58. The van der Waals surface area contributed by atoms with E-state index in [0.717, 1.165) is 35.4 Å². The number of fused-ring (bicyclic) bond motifs is 1. The Morgan fingerprint density at radius 3 is 2.65 bits per heavy atom. The van der Waals surface area contributed by atoms with Crippen LogP contribution in [0.3, 0.4) is 0 Å². The van der Waals surface area contributed by atoms with Gasteiger partial charge in [0.15, 0.2) is 5.76 Å². The summed E-state index contributed by atoms with van der Waals surface area (Å²) in [6.45, 7) is 5.36. The minimum atomic E-state index is -0.218. The minimum absolute atomic E-state index is 0.0438. The van der Waals surface area contributed by atoms with Crippen molar-refractivity contribution in [3.63, 3.8) is 0 Å². The molecule has 0 aliphatic carbocycles. The van der Waals surface area contributed by atoms with E-state index in [1.165, 1.54) is 12.8 Å². The second-order valence-corrected chi connectivity index (χ2v) is 7.75. The number of rotatable bonds is 9. The van der Waals surface area contributed by atoms with Crippen LogP contribution in [0, 0.1) is 0 Å². The highest BCUT2D eigenvalue weighted by molar-refractivity contribution is 5.99. The summed E-state index contributed by atoms with van der Waals surface area (Å²) in [4.78, 5) is 15.6. The zero-order chi connectivity index (χ0) is 21.6. The van der Waals surface area contributed by atoms with Gasteiger partial charge in [-0.2, -0.15) is 0 Å². The average molecular weight is 423 g/mol. The standard InChI is InChI=1S/C25H30N2O4/c1-3-30-17-20-18-10-4-7-13-23(18)31-24(20)25(28)26-16-21(27-14-8-9-15-27)19-11-5-6-12-22(19)29-2/h4-7,10-13,21H,3,8-9,14-17H2,1-2H3,(H,26,28)/t21-/m1/s1. The first-order valence-corrected chi connectivity index (χ1v) is 11.0. The number of hydrogen-bond acceptors (Lipinski definition) is 5. The quantitative estimate of drug-likeness (QED) is 0.548. The first-order chi connectivity index (χ1) is 15.2. The van der Waals surface area contributed by atoms with E-state index in [1.54, 1.807) is 7.11 Å². The van der Waals surface area contributed by atoms with Gasteiger partial charge >= 0.3 is 0 Å². The first kappa shape index (κ1) is 21.4. The van der Waals surface area contributed by atoms with Gasteiger partial charge in [0.05, 0.1) is 19.8 Å². The summed E-state index contributed by atoms with van der Waals surface area (Å²) in [6, 6.07) is 15.8. The summed E-state index contributed by atoms with van der Waals surface area (Å²) in [5.74, 6) is 0.953. The lowest BCUT2D eigenvalue weighted by molar-refractivity contribution is 0.0899. The number of benzene rings is 2. The van der Waals surface area contributed by atoms with Crippen molar-refractivity contribution in [2.75, 3.05) is 33.4 Å². The highest BCUT2D eigenvalue weighted by Crippen LogP contribution is 2.32. The van der Waals surface area contributed by atoms with Crippen molar-refractivity contribution < 1.29 is 18.7 Å². The molecule has 0 saturated carbocycles. The van der Waals surface area contributed by atoms with Crippen molar-refractivity contribution in [1.29, 1.82) is 0 Å². The van der Waals surface area contributed by atoms with Crippen LogP contribution < -0.4 is 10.1 Å². The molecule has 31 heavy (non-hydrogen) atoms. The van der Waals surface area contributed by atoms with Crippen LogP contribution in [0.15, 0.2) is 52.9 Å². The van der Waals surface area contributed by atoms with Crippen LogP contribution in [0.4, 0.5) is 0 Å². The van der Waals surface area contributed by atoms with Gasteiger partial charge < -0.3 is 19.2 Å². The van der Waals surface area contributed by atoms with E-state index in [1.807, 2.05) is 49.4 Å². The number of ether oxygens (including phenoxy) is 2. The maximum Gasteiger partial charge on any atom is 0.287 e. The zero-order valence-corrected chi connectivity index (χ0v) is 18.2. The maximum absolute atomic E-state index is 13.2. The Morgan fingerprint density at radius 1 is 1.13 bits per heavy atom. The van der Waals surface area contributed by atoms with Crippen LogP contribution in [0.1, 0.15) is 47.5 Å². The molecule has 0 bridgehead atoms. The summed E-state index contributed by atoms with van der Waals surface area (Å²) in [5.41, 5.74) is 2.58. The molecule has 3 aromatic rings. The fraction of sp³-hybridized carbons (Fsp3) is 0.400. The van der Waals surface area contributed by atoms with E-state index in [0.29, 0.717) is 31.1 Å². The Bertz CT molecular complexity index is 1020. The highest BCUT2D eigenvalue weighted by Gasteiger charge is 2.28. The van der Waals surface area contributed by atoms with Crippen LogP contribution >= 0.6 is 0 Å². The molecule has 1 aliphatic heterocycles. The topological polar surface area (TPSA) is 63.9 Å². The van der Waals surface area contributed by atoms with Crippen molar-refractivity contribution in [2.24, 2.45) is 0 Å². The lowest BCUT2D eigenvalue weighted by Crippen LogP contribution is -2.37. The fourth-order valence-corrected chi connectivity index (χ4v) is 4.33. The molecule has 2 heterocycles. The molecule has 2 aromatic carbocycles. The molecule has 0 spiro atoms. The highest BCUT2D eigenvalue weighted by atomic mass is 16.5. The molecular formula is C25H30N2O4. The Hall–Kier alpha value is -2.83. The molecule has 1 aliphatic rings. The molecule has 6 nitrogen and oxygen atoms in total. The van der Waals surface area contributed by atoms with Crippen molar-refractivity contribution in [2.45, 2.75) is 32.4 Å². The lowest BCUT2D eigenvalue weighted by atomic mass is 10.0. The Morgan fingerprint density at radius 2 is 1.87 bits per heavy atom. The third-order valence-electron chi connectivity index (χ3n) is 5.89. The number of likely N-dealkylation sites (tertiary alicyclic amines) is 1. The molecule has 164 valence electrons. The molecule has 1 fully saturated rings. The van der Waals surface area contributed by atoms with Crippen molar-refractivity contribution in [3.8, 4) is 5.75 Å². The summed E-state index contributed by atoms with van der Waals surface area (Å²) < 4.78 is 17.2. The smallest absolute Gasteiger partial charge is 0.287 e. The van der Waals surface area contributed by atoms with Crippen LogP contribution in [-0.4, -0.2) is 44.2 Å². The number of para-hydroxylation sites is 2. The summed E-state index contributed by atoms with van der Waals surface area (Å²) in [6.07, 6.45) is 2.34. The second-order valence-electron chi connectivity index (χ2n) is 7.75. The van der Waals surface area contributed by atoms with Gasteiger partial charge in [-0.3, -0.25) is 9.69 Å². The van der Waals surface area contributed by atoms with Crippen LogP contribution in [-0.2, 0) is 11.3 Å². The normalized spacial score (nSPS) is 15.3. The van der Waals surface area contributed by atoms with Crippen LogP contribution in [0.5, 0.6) is 5.75 Å². The number of furan rings is 1. The van der Waals surface area contributed by atoms with Gasteiger partial charge in [0.2, 0.25) is 0 Å². The van der Waals surface area contributed by atoms with Crippen LogP contribution in [0.25, 0.3) is 11.0 Å². The molecule has 6 heteroatoms. The Kier molecular flexibility index (Phi) is 6.89. The van der Waals surface area contributed by atoms with Gasteiger partial charge in [-0.05, 0) is 45.0 Å².